The molecule has 0 aliphatic heterocycles. The third kappa shape index (κ3) is 1.78. The first-order valence-corrected chi connectivity index (χ1v) is 3.86. The average molecular weight is 175 g/mol. The second-order valence-electron chi connectivity index (χ2n) is 3.97. The van der Waals surface area contributed by atoms with Crippen molar-refractivity contribution in [2.45, 2.75) is 27.7 Å². The van der Waals surface area contributed by atoms with Crippen LogP contribution in [0.3, 0.4) is 0 Å². The second-order valence-corrected chi connectivity index (χ2v) is 3.97. The summed E-state index contributed by atoms with van der Waals surface area (Å²) in [6.07, 6.45) is 0. The predicted molar refractivity (Wildman–Crippen MR) is 46.7 cm³/mol. The van der Waals surface area contributed by atoms with Crippen LogP contribution in [0.15, 0.2) is 0 Å². The number of hydrogen-bond donors (Lipinski definition) is 1. The molecule has 3 heteroatoms. The van der Waals surface area contributed by atoms with Crippen molar-refractivity contribution in [3.63, 3.8) is 0 Å². The van der Waals surface area contributed by atoms with Gasteiger partial charge < -0.3 is 9.84 Å². The zero-order valence-corrected chi connectivity index (χ0v) is 8.34. The number of ether oxygens (including phenoxy) is 1. The van der Waals surface area contributed by atoms with E-state index in [4.69, 9.17) is 1.37 Å². The van der Waals surface area contributed by atoms with Crippen LogP contribution in [0.4, 0.5) is 0 Å². The van der Waals surface area contributed by atoms with Crippen LogP contribution in [-0.2, 0) is 9.53 Å². The van der Waals surface area contributed by atoms with E-state index in [-0.39, 0.29) is 0 Å². The molecule has 0 unspecified atom stereocenters. The molecule has 0 spiro atoms. The molecule has 0 amide bonds. The number of esters is 1. The van der Waals surface area contributed by atoms with Gasteiger partial charge in [0.15, 0.2) is 0 Å². The Bertz CT molecular complexity index is 197. The summed E-state index contributed by atoms with van der Waals surface area (Å²) in [6, 6.07) is 0. The number of methoxy groups -OCH3 is 1. The zero-order valence-electron chi connectivity index (χ0n) is 9.34. The predicted octanol–water partition coefficient (Wildman–Crippen LogP) is 1.20. The van der Waals surface area contributed by atoms with Gasteiger partial charge in [0.05, 0.1) is 13.9 Å². The molecule has 1 atom stereocenters. The van der Waals surface area contributed by atoms with Gasteiger partial charge in [0.1, 0.15) is 0 Å². The van der Waals surface area contributed by atoms with E-state index >= 15 is 0 Å². The van der Waals surface area contributed by atoms with Crippen LogP contribution in [0.1, 0.15) is 29.1 Å². The molecule has 0 aromatic carbocycles. The van der Waals surface area contributed by atoms with Crippen molar-refractivity contribution in [2.24, 2.45) is 10.8 Å². The molecule has 0 aliphatic carbocycles. The average Bonchev–Trinajstić information content (AvgIpc) is 2.02. The Balaban J connectivity index is 4.91. The normalized spacial score (nSPS) is 16.7. The van der Waals surface area contributed by atoms with Crippen LogP contribution >= 0.6 is 0 Å². The van der Waals surface area contributed by atoms with E-state index in [0.29, 0.717) is 0 Å². The largest absolute Gasteiger partial charge is 0.469 e. The summed E-state index contributed by atoms with van der Waals surface area (Å²) < 4.78 is 11.9. The number of rotatable bonds is 3. The van der Waals surface area contributed by atoms with Crippen molar-refractivity contribution in [3.8, 4) is 0 Å². The Morgan fingerprint density at radius 3 is 2.17 bits per heavy atom. The van der Waals surface area contributed by atoms with Crippen molar-refractivity contribution in [1.29, 1.82) is 0 Å². The summed E-state index contributed by atoms with van der Waals surface area (Å²) in [5, 5.41) is 9.22. The molecule has 0 aromatic heterocycles. The summed E-state index contributed by atoms with van der Waals surface area (Å²) in [7, 11) is 1.30. The molecular formula is C9H18O3. The summed E-state index contributed by atoms with van der Waals surface area (Å²) in [4.78, 5) is 11.4. The minimum absolute atomic E-state index is 0.413. The first-order valence-electron chi connectivity index (χ1n) is 4.44. The van der Waals surface area contributed by atoms with E-state index in [1.165, 1.54) is 7.11 Å². The standard InChI is InChI=1S/C9H18O3/c1-8(2,6-10)9(3,4)7(11)12-5/h10H,6H2,1-5H3/i6D/t6-/m0/s1. The topological polar surface area (TPSA) is 46.5 Å². The van der Waals surface area contributed by atoms with Gasteiger partial charge in [-0.1, -0.05) is 13.8 Å². The van der Waals surface area contributed by atoms with E-state index in [9.17, 15) is 9.90 Å². The third-order valence-electron chi connectivity index (χ3n) is 2.63. The number of aliphatic hydroxyl groups is 1. The van der Waals surface area contributed by atoms with Gasteiger partial charge in [-0.15, -0.1) is 0 Å². The Labute approximate surface area is 75.1 Å². The van der Waals surface area contributed by atoms with Crippen LogP contribution in [0.2, 0.25) is 0 Å². The highest BCUT2D eigenvalue weighted by molar-refractivity contribution is 5.76. The Morgan fingerprint density at radius 2 is 1.92 bits per heavy atom. The summed E-state index contributed by atoms with van der Waals surface area (Å²) in [5.41, 5.74) is -1.71. The van der Waals surface area contributed by atoms with E-state index in [0.717, 1.165) is 0 Å². The molecule has 0 aromatic rings. The summed E-state index contributed by atoms with van der Waals surface area (Å²) >= 11 is 0. The van der Waals surface area contributed by atoms with E-state index in [1.807, 2.05) is 0 Å². The molecule has 0 saturated carbocycles. The highest BCUT2D eigenvalue weighted by Gasteiger charge is 2.43. The van der Waals surface area contributed by atoms with Crippen LogP contribution in [0.25, 0.3) is 0 Å². The van der Waals surface area contributed by atoms with Crippen LogP contribution in [-0.4, -0.2) is 24.8 Å². The molecule has 0 heterocycles. The van der Waals surface area contributed by atoms with Crippen molar-refractivity contribution < 1.29 is 16.0 Å². The first kappa shape index (κ1) is 9.52. The Kier molecular flexibility index (Phi) is 2.73. The molecule has 0 bridgehead atoms. The fourth-order valence-corrected chi connectivity index (χ4v) is 0.680. The zero-order chi connectivity index (χ0) is 10.9. The molecular weight excluding hydrogens is 156 g/mol. The molecule has 72 valence electrons. The lowest BCUT2D eigenvalue weighted by molar-refractivity contribution is -0.159. The molecule has 0 saturated heterocycles. The fourth-order valence-electron chi connectivity index (χ4n) is 0.680. The highest BCUT2D eigenvalue weighted by atomic mass is 16.5. The van der Waals surface area contributed by atoms with Crippen LogP contribution < -0.4 is 0 Å². The van der Waals surface area contributed by atoms with Gasteiger partial charge in [-0.2, -0.15) is 0 Å². The van der Waals surface area contributed by atoms with Crippen molar-refractivity contribution in [1.82, 2.24) is 0 Å². The van der Waals surface area contributed by atoms with Gasteiger partial charge in [0, 0.05) is 12.0 Å². The van der Waals surface area contributed by atoms with Gasteiger partial charge in [-0.25, -0.2) is 0 Å². The molecule has 0 aliphatic rings. The highest BCUT2D eigenvalue weighted by Crippen LogP contribution is 2.38. The molecule has 0 radical (unpaired) electrons. The lowest BCUT2D eigenvalue weighted by Gasteiger charge is -2.37. The van der Waals surface area contributed by atoms with E-state index < -0.39 is 23.4 Å². The molecule has 1 N–H and O–H groups in total. The first-order chi connectivity index (χ1) is 5.67. The maximum atomic E-state index is 11.4. The lowest BCUT2D eigenvalue weighted by Crippen LogP contribution is -2.42. The number of carbonyl (C=O) groups excluding carboxylic acids is 1. The van der Waals surface area contributed by atoms with E-state index in [1.54, 1.807) is 27.7 Å². The summed E-state index contributed by atoms with van der Waals surface area (Å²) in [5.74, 6) is -0.413. The minimum Gasteiger partial charge on any atom is -0.469 e. The number of hydrogen-bond acceptors (Lipinski definition) is 3. The lowest BCUT2D eigenvalue weighted by atomic mass is 9.68. The van der Waals surface area contributed by atoms with Crippen LogP contribution in [0, 0.1) is 10.8 Å². The summed E-state index contributed by atoms with van der Waals surface area (Å²) in [6.45, 7) is 5.36. The Hall–Kier alpha value is -0.570. The van der Waals surface area contributed by atoms with Crippen molar-refractivity contribution in [3.05, 3.63) is 0 Å². The third-order valence-corrected chi connectivity index (χ3v) is 2.63. The van der Waals surface area contributed by atoms with Crippen molar-refractivity contribution in [2.75, 3.05) is 13.7 Å². The van der Waals surface area contributed by atoms with Gasteiger partial charge >= 0.3 is 5.97 Å². The number of carbonyl (C=O) groups is 1. The van der Waals surface area contributed by atoms with E-state index in [2.05, 4.69) is 4.74 Å². The molecule has 3 nitrogen and oxygen atoms in total. The van der Waals surface area contributed by atoms with Gasteiger partial charge in [-0.3, -0.25) is 4.79 Å². The molecule has 0 fully saturated rings. The van der Waals surface area contributed by atoms with Crippen molar-refractivity contribution >= 4 is 5.97 Å². The second kappa shape index (κ2) is 3.44. The van der Waals surface area contributed by atoms with Gasteiger partial charge in [0.2, 0.25) is 0 Å². The van der Waals surface area contributed by atoms with Gasteiger partial charge in [-0.05, 0) is 13.8 Å². The monoisotopic (exact) mass is 175 g/mol. The fraction of sp³-hybridized carbons (Fsp3) is 0.889. The smallest absolute Gasteiger partial charge is 0.311 e. The minimum atomic E-state index is -1.30. The molecule has 0 rings (SSSR count). The molecule has 12 heavy (non-hydrogen) atoms. The quantitative estimate of drug-likeness (QED) is 0.656. The number of aliphatic hydroxyl groups excluding tert-OH is 1. The Morgan fingerprint density at radius 1 is 1.50 bits per heavy atom. The van der Waals surface area contributed by atoms with Crippen LogP contribution in [0.5, 0.6) is 0 Å². The maximum absolute atomic E-state index is 11.4. The maximum Gasteiger partial charge on any atom is 0.311 e. The van der Waals surface area contributed by atoms with Gasteiger partial charge in [0.25, 0.3) is 0 Å². The SMILES string of the molecule is [2H][C@H](O)C(C)(C)C(C)(C)C(=O)OC.